The molecule has 1 aromatic heterocycles. The first-order valence-electron chi connectivity index (χ1n) is 8.97. The number of rotatable bonds is 6. The van der Waals surface area contributed by atoms with Crippen molar-refractivity contribution >= 4 is 17.3 Å². The minimum Gasteiger partial charge on any atom is -0.493 e. The number of piperidine rings is 1. The van der Waals surface area contributed by atoms with Gasteiger partial charge in [0.1, 0.15) is 0 Å². The molecule has 1 aliphatic rings. The van der Waals surface area contributed by atoms with Crippen LogP contribution in [0.4, 0.5) is 11.4 Å². The molecule has 7 heteroatoms. The number of likely N-dealkylation sites (tertiary alicyclic amines) is 1. The van der Waals surface area contributed by atoms with Gasteiger partial charge in [-0.25, -0.2) is 0 Å². The summed E-state index contributed by atoms with van der Waals surface area (Å²) in [5, 5.41) is 3.25. The van der Waals surface area contributed by atoms with E-state index in [1.807, 2.05) is 11.0 Å². The molecule has 1 aromatic carbocycles. The van der Waals surface area contributed by atoms with Crippen LogP contribution >= 0.6 is 0 Å². The Kier molecular flexibility index (Phi) is 6.01. The number of hydrogen-bond donors (Lipinski definition) is 1. The summed E-state index contributed by atoms with van der Waals surface area (Å²) < 4.78 is 16.1. The van der Waals surface area contributed by atoms with Crippen molar-refractivity contribution < 1.29 is 19.0 Å². The standard InChI is InChI=1S/C20H25N3O4/c1-25-17-10-15(11-18(26-2)19(17)27-3)22-16-9-14(12-21-13-16)20(24)23-7-5-4-6-8-23/h9-13,22H,4-8H2,1-3H3. The number of benzene rings is 1. The molecule has 2 aromatic rings. The number of nitrogens with zero attached hydrogens (tertiary/aromatic N) is 2. The molecule has 1 amide bonds. The van der Waals surface area contributed by atoms with Crippen molar-refractivity contribution in [1.29, 1.82) is 0 Å². The maximum absolute atomic E-state index is 12.7. The largest absolute Gasteiger partial charge is 0.493 e. The zero-order valence-corrected chi connectivity index (χ0v) is 15.9. The summed E-state index contributed by atoms with van der Waals surface area (Å²) in [6.45, 7) is 1.62. The topological polar surface area (TPSA) is 72.9 Å². The second-order valence-electron chi connectivity index (χ2n) is 6.35. The molecule has 3 rings (SSSR count). The lowest BCUT2D eigenvalue weighted by Crippen LogP contribution is -2.35. The van der Waals surface area contributed by atoms with Crippen molar-refractivity contribution in [2.24, 2.45) is 0 Å². The average molecular weight is 371 g/mol. The molecule has 144 valence electrons. The van der Waals surface area contributed by atoms with E-state index in [-0.39, 0.29) is 5.91 Å². The van der Waals surface area contributed by atoms with Crippen LogP contribution in [0.2, 0.25) is 0 Å². The summed E-state index contributed by atoms with van der Waals surface area (Å²) in [6.07, 6.45) is 6.59. The third kappa shape index (κ3) is 4.24. The van der Waals surface area contributed by atoms with Gasteiger partial charge in [-0.1, -0.05) is 0 Å². The van der Waals surface area contributed by atoms with E-state index in [1.165, 1.54) is 6.42 Å². The van der Waals surface area contributed by atoms with Crippen molar-refractivity contribution in [3.8, 4) is 17.2 Å². The lowest BCUT2D eigenvalue weighted by Gasteiger charge is -2.26. The van der Waals surface area contributed by atoms with Crippen LogP contribution in [0.25, 0.3) is 0 Å². The fourth-order valence-electron chi connectivity index (χ4n) is 3.22. The van der Waals surface area contributed by atoms with Crippen molar-refractivity contribution in [2.45, 2.75) is 19.3 Å². The molecule has 7 nitrogen and oxygen atoms in total. The Labute approximate surface area is 159 Å². The third-order valence-corrected chi connectivity index (χ3v) is 4.58. The van der Waals surface area contributed by atoms with Gasteiger partial charge in [-0.3, -0.25) is 9.78 Å². The highest BCUT2D eigenvalue weighted by Crippen LogP contribution is 2.40. The number of anilines is 2. The van der Waals surface area contributed by atoms with Crippen LogP contribution in [0.15, 0.2) is 30.6 Å². The number of nitrogens with one attached hydrogen (secondary N) is 1. The quantitative estimate of drug-likeness (QED) is 0.838. The van der Waals surface area contributed by atoms with E-state index in [0.717, 1.165) is 31.6 Å². The Morgan fingerprint density at radius 1 is 0.926 bits per heavy atom. The number of amides is 1. The van der Waals surface area contributed by atoms with Gasteiger partial charge in [-0.15, -0.1) is 0 Å². The predicted molar refractivity (Wildman–Crippen MR) is 103 cm³/mol. The maximum atomic E-state index is 12.7. The molecular weight excluding hydrogens is 346 g/mol. The molecule has 0 saturated carbocycles. The fourth-order valence-corrected chi connectivity index (χ4v) is 3.22. The SMILES string of the molecule is COc1cc(Nc2cncc(C(=O)N3CCCCC3)c2)cc(OC)c1OC. The van der Waals surface area contributed by atoms with E-state index < -0.39 is 0 Å². The number of carbonyl (C=O) groups is 1. The molecule has 0 aliphatic carbocycles. The van der Waals surface area contributed by atoms with Crippen molar-refractivity contribution in [2.75, 3.05) is 39.7 Å². The lowest BCUT2D eigenvalue weighted by atomic mass is 10.1. The number of hydrogen-bond acceptors (Lipinski definition) is 6. The van der Waals surface area contributed by atoms with Gasteiger partial charge in [0.25, 0.3) is 5.91 Å². The summed E-state index contributed by atoms with van der Waals surface area (Å²) >= 11 is 0. The molecular formula is C20H25N3O4. The normalized spacial score (nSPS) is 13.8. The Balaban J connectivity index is 1.83. The predicted octanol–water partition coefficient (Wildman–Crippen LogP) is 3.48. The first kappa shape index (κ1) is 18.8. The molecule has 1 fully saturated rings. The van der Waals surface area contributed by atoms with Gasteiger partial charge < -0.3 is 24.4 Å². The van der Waals surface area contributed by atoms with Gasteiger partial charge in [-0.2, -0.15) is 0 Å². The summed E-state index contributed by atoms with van der Waals surface area (Å²) in [5.41, 5.74) is 2.04. The zero-order chi connectivity index (χ0) is 19.2. The van der Waals surface area contributed by atoms with Gasteiger partial charge in [-0.05, 0) is 25.3 Å². The van der Waals surface area contributed by atoms with E-state index in [4.69, 9.17) is 14.2 Å². The zero-order valence-electron chi connectivity index (χ0n) is 15.9. The van der Waals surface area contributed by atoms with Crippen molar-refractivity contribution in [3.05, 3.63) is 36.2 Å². The van der Waals surface area contributed by atoms with Crippen molar-refractivity contribution in [3.63, 3.8) is 0 Å². The molecule has 0 radical (unpaired) electrons. The van der Waals surface area contributed by atoms with Crippen LogP contribution < -0.4 is 19.5 Å². The highest BCUT2D eigenvalue weighted by Gasteiger charge is 2.19. The number of carbonyl (C=O) groups excluding carboxylic acids is 1. The molecule has 0 spiro atoms. The summed E-state index contributed by atoms with van der Waals surface area (Å²) in [7, 11) is 4.70. The molecule has 1 saturated heterocycles. The van der Waals surface area contributed by atoms with Gasteiger partial charge in [0.15, 0.2) is 11.5 Å². The number of aromatic nitrogens is 1. The van der Waals surface area contributed by atoms with Gasteiger partial charge >= 0.3 is 0 Å². The van der Waals surface area contributed by atoms with E-state index in [1.54, 1.807) is 45.9 Å². The molecule has 0 atom stereocenters. The van der Waals surface area contributed by atoms with Crippen LogP contribution in [0, 0.1) is 0 Å². The lowest BCUT2D eigenvalue weighted by molar-refractivity contribution is 0.0724. The molecule has 27 heavy (non-hydrogen) atoms. The van der Waals surface area contributed by atoms with E-state index in [9.17, 15) is 4.79 Å². The Morgan fingerprint density at radius 3 is 2.19 bits per heavy atom. The highest BCUT2D eigenvalue weighted by atomic mass is 16.5. The summed E-state index contributed by atoms with van der Waals surface area (Å²) in [4.78, 5) is 18.8. The van der Waals surface area contributed by atoms with Gasteiger partial charge in [0.2, 0.25) is 5.75 Å². The molecule has 1 N–H and O–H groups in total. The van der Waals surface area contributed by atoms with Crippen molar-refractivity contribution in [1.82, 2.24) is 9.88 Å². The highest BCUT2D eigenvalue weighted by molar-refractivity contribution is 5.95. The van der Waals surface area contributed by atoms with E-state index in [2.05, 4.69) is 10.3 Å². The average Bonchev–Trinajstić information content (AvgIpc) is 2.73. The first-order chi connectivity index (χ1) is 13.2. The first-order valence-corrected chi connectivity index (χ1v) is 8.97. The van der Waals surface area contributed by atoms with Gasteiger partial charge in [0, 0.05) is 37.1 Å². The van der Waals surface area contributed by atoms with Gasteiger partial charge in [0.05, 0.1) is 38.8 Å². The molecule has 2 heterocycles. The maximum Gasteiger partial charge on any atom is 0.255 e. The van der Waals surface area contributed by atoms with Crippen LogP contribution in [0.1, 0.15) is 29.6 Å². The fraction of sp³-hybridized carbons (Fsp3) is 0.400. The number of methoxy groups -OCH3 is 3. The third-order valence-electron chi connectivity index (χ3n) is 4.58. The van der Waals surface area contributed by atoms with Crippen LogP contribution in [-0.2, 0) is 0 Å². The molecule has 0 unspecified atom stereocenters. The second kappa shape index (κ2) is 8.62. The Hall–Kier alpha value is -2.96. The minimum atomic E-state index is 0.0238. The smallest absolute Gasteiger partial charge is 0.255 e. The Morgan fingerprint density at radius 2 is 1.59 bits per heavy atom. The van der Waals surface area contributed by atoms with Crippen LogP contribution in [0.3, 0.4) is 0 Å². The van der Waals surface area contributed by atoms with Crippen LogP contribution in [-0.4, -0.2) is 50.2 Å². The molecule has 1 aliphatic heterocycles. The molecule has 0 bridgehead atoms. The van der Waals surface area contributed by atoms with E-state index >= 15 is 0 Å². The minimum absolute atomic E-state index is 0.0238. The second-order valence-corrected chi connectivity index (χ2v) is 6.35. The Bertz CT molecular complexity index is 779. The van der Waals surface area contributed by atoms with E-state index in [0.29, 0.717) is 28.5 Å². The summed E-state index contributed by atoms with van der Waals surface area (Å²) in [6, 6.07) is 5.42. The monoisotopic (exact) mass is 371 g/mol. The number of pyridine rings is 1. The van der Waals surface area contributed by atoms with Crippen LogP contribution in [0.5, 0.6) is 17.2 Å². The number of ether oxygens (including phenoxy) is 3. The summed E-state index contributed by atoms with van der Waals surface area (Å²) in [5.74, 6) is 1.65.